The largest absolute Gasteiger partial charge is 0.366 e. The van der Waals surface area contributed by atoms with Crippen molar-refractivity contribution in [3.63, 3.8) is 0 Å². The number of aryl methyl sites for hydroxylation is 1. The van der Waals surface area contributed by atoms with E-state index >= 15 is 0 Å². The zero-order valence-corrected chi connectivity index (χ0v) is 16.4. The zero-order valence-electron chi connectivity index (χ0n) is 15.5. The Morgan fingerprint density at radius 2 is 1.41 bits per heavy atom. The van der Waals surface area contributed by atoms with Gasteiger partial charge < -0.3 is 4.90 Å². The van der Waals surface area contributed by atoms with Crippen LogP contribution in [-0.2, 0) is 10.0 Å². The maximum Gasteiger partial charge on any atom is 0.240 e. The molecule has 0 aromatic heterocycles. The molecular weight excluding hydrogens is 356 g/mol. The number of hydrogen-bond acceptors (Lipinski definition) is 3. The topological polar surface area (TPSA) is 49.4 Å². The summed E-state index contributed by atoms with van der Waals surface area (Å²) in [5, 5.41) is 0. The van der Waals surface area contributed by atoms with Crippen molar-refractivity contribution in [2.45, 2.75) is 17.9 Å². The molecule has 27 heavy (non-hydrogen) atoms. The zero-order chi connectivity index (χ0) is 19.3. The standard InChI is InChI=1S/C22H24N2O2S/c1-18-13-15-21(16-14-18)27(25,26)23-17-22(19-9-5-3-6-10-19)24(2)20-11-7-4-8-12-20/h3-16,22-23H,17H2,1-2H3/t22-/m0/s1. The lowest BCUT2D eigenvalue weighted by atomic mass is 10.1. The fraction of sp³-hybridized carbons (Fsp3) is 0.182. The van der Waals surface area contributed by atoms with Crippen LogP contribution >= 0.6 is 0 Å². The molecule has 0 aliphatic carbocycles. The third-order valence-electron chi connectivity index (χ3n) is 4.61. The number of anilines is 1. The van der Waals surface area contributed by atoms with Gasteiger partial charge in [0, 0.05) is 19.3 Å². The van der Waals surface area contributed by atoms with Gasteiger partial charge in [0.1, 0.15) is 0 Å². The Bertz CT molecular complexity index is 956. The van der Waals surface area contributed by atoms with E-state index in [1.54, 1.807) is 24.3 Å². The lowest BCUT2D eigenvalue weighted by Gasteiger charge is -2.30. The van der Waals surface area contributed by atoms with Crippen molar-refractivity contribution >= 4 is 15.7 Å². The van der Waals surface area contributed by atoms with Gasteiger partial charge in [0.2, 0.25) is 10.0 Å². The average molecular weight is 381 g/mol. The fourth-order valence-corrected chi connectivity index (χ4v) is 4.02. The molecule has 0 spiro atoms. The van der Waals surface area contributed by atoms with E-state index in [2.05, 4.69) is 9.62 Å². The van der Waals surface area contributed by atoms with Crippen LogP contribution in [0.5, 0.6) is 0 Å². The van der Waals surface area contributed by atoms with Gasteiger partial charge in [-0.05, 0) is 36.8 Å². The molecule has 140 valence electrons. The van der Waals surface area contributed by atoms with Crippen LogP contribution in [0.3, 0.4) is 0 Å². The first-order chi connectivity index (χ1) is 13.0. The Morgan fingerprint density at radius 3 is 2.00 bits per heavy atom. The maximum atomic E-state index is 12.7. The van der Waals surface area contributed by atoms with Crippen molar-refractivity contribution in [2.75, 3.05) is 18.5 Å². The molecule has 4 nitrogen and oxygen atoms in total. The van der Waals surface area contributed by atoms with Crippen molar-refractivity contribution < 1.29 is 8.42 Å². The Morgan fingerprint density at radius 1 is 0.852 bits per heavy atom. The molecule has 0 heterocycles. The van der Waals surface area contributed by atoms with Crippen LogP contribution in [0.25, 0.3) is 0 Å². The van der Waals surface area contributed by atoms with E-state index < -0.39 is 10.0 Å². The molecule has 5 heteroatoms. The van der Waals surface area contributed by atoms with Crippen LogP contribution in [0, 0.1) is 6.92 Å². The van der Waals surface area contributed by atoms with Crippen LogP contribution in [0.15, 0.2) is 89.8 Å². The Balaban J connectivity index is 1.85. The minimum Gasteiger partial charge on any atom is -0.366 e. The molecule has 0 saturated heterocycles. The second kappa shape index (κ2) is 8.37. The summed E-state index contributed by atoms with van der Waals surface area (Å²) in [5.41, 5.74) is 3.11. The predicted molar refractivity (Wildman–Crippen MR) is 110 cm³/mol. The van der Waals surface area contributed by atoms with Gasteiger partial charge >= 0.3 is 0 Å². The van der Waals surface area contributed by atoms with E-state index in [-0.39, 0.29) is 17.5 Å². The Kier molecular flexibility index (Phi) is 5.94. The minimum absolute atomic E-state index is 0.131. The van der Waals surface area contributed by atoms with Crippen LogP contribution in [0.1, 0.15) is 17.2 Å². The van der Waals surface area contributed by atoms with Crippen molar-refractivity contribution in [1.82, 2.24) is 4.72 Å². The number of rotatable bonds is 7. The van der Waals surface area contributed by atoms with Gasteiger partial charge in [0.15, 0.2) is 0 Å². The first-order valence-corrected chi connectivity index (χ1v) is 10.3. The summed E-state index contributed by atoms with van der Waals surface area (Å²) < 4.78 is 28.2. The molecule has 0 saturated carbocycles. The van der Waals surface area contributed by atoms with Gasteiger partial charge in [-0.2, -0.15) is 0 Å². The molecule has 3 aromatic carbocycles. The van der Waals surface area contributed by atoms with E-state index in [4.69, 9.17) is 0 Å². The van der Waals surface area contributed by atoms with Crippen LogP contribution < -0.4 is 9.62 Å². The summed E-state index contributed by atoms with van der Waals surface area (Å²) in [4.78, 5) is 2.37. The number of nitrogens with one attached hydrogen (secondary N) is 1. The lowest BCUT2D eigenvalue weighted by molar-refractivity contribution is 0.567. The molecule has 0 amide bonds. The van der Waals surface area contributed by atoms with E-state index in [1.807, 2.05) is 74.6 Å². The van der Waals surface area contributed by atoms with Crippen LogP contribution in [-0.4, -0.2) is 22.0 Å². The molecule has 0 radical (unpaired) electrons. The lowest BCUT2D eigenvalue weighted by Crippen LogP contribution is -2.36. The smallest absolute Gasteiger partial charge is 0.240 e. The van der Waals surface area contributed by atoms with Gasteiger partial charge in [0.25, 0.3) is 0 Å². The molecule has 1 N–H and O–H groups in total. The first kappa shape index (κ1) is 19.1. The summed E-state index contributed by atoms with van der Waals surface area (Å²) in [7, 11) is -1.59. The van der Waals surface area contributed by atoms with E-state index in [9.17, 15) is 8.42 Å². The van der Waals surface area contributed by atoms with E-state index in [0.717, 1.165) is 16.8 Å². The molecule has 0 aliphatic rings. The highest BCUT2D eigenvalue weighted by atomic mass is 32.2. The highest BCUT2D eigenvalue weighted by molar-refractivity contribution is 7.89. The normalized spacial score (nSPS) is 12.5. The quantitative estimate of drug-likeness (QED) is 0.670. The van der Waals surface area contributed by atoms with Crippen molar-refractivity contribution in [3.8, 4) is 0 Å². The molecule has 3 rings (SSSR count). The third kappa shape index (κ3) is 4.76. The van der Waals surface area contributed by atoms with Gasteiger partial charge in [-0.25, -0.2) is 13.1 Å². The number of nitrogens with zero attached hydrogens (tertiary/aromatic N) is 1. The maximum absolute atomic E-state index is 12.7. The second-order valence-electron chi connectivity index (χ2n) is 6.54. The van der Waals surface area contributed by atoms with Gasteiger partial charge in [-0.15, -0.1) is 0 Å². The highest BCUT2D eigenvalue weighted by Crippen LogP contribution is 2.25. The Labute approximate surface area is 161 Å². The van der Waals surface area contributed by atoms with Crippen LogP contribution in [0.4, 0.5) is 5.69 Å². The van der Waals surface area contributed by atoms with Crippen LogP contribution in [0.2, 0.25) is 0 Å². The molecular formula is C22H24N2O2S. The number of benzene rings is 3. The highest BCUT2D eigenvalue weighted by Gasteiger charge is 2.21. The fourth-order valence-electron chi connectivity index (χ4n) is 2.99. The summed E-state index contributed by atoms with van der Waals surface area (Å²) >= 11 is 0. The average Bonchev–Trinajstić information content (AvgIpc) is 2.70. The first-order valence-electron chi connectivity index (χ1n) is 8.86. The molecule has 0 unspecified atom stereocenters. The molecule has 0 bridgehead atoms. The summed E-state index contributed by atoms with van der Waals surface area (Å²) in [6.45, 7) is 2.20. The van der Waals surface area contributed by atoms with Gasteiger partial charge in [0.05, 0.1) is 10.9 Å². The Hall–Kier alpha value is -2.63. The second-order valence-corrected chi connectivity index (χ2v) is 8.30. The molecule has 0 aliphatic heterocycles. The summed E-state index contributed by atoms with van der Waals surface area (Å²) in [6, 6.07) is 26.6. The number of hydrogen-bond donors (Lipinski definition) is 1. The number of likely N-dealkylation sites (N-methyl/N-ethyl adjacent to an activating group) is 1. The van der Waals surface area contributed by atoms with Crippen molar-refractivity contribution in [2.24, 2.45) is 0 Å². The number of sulfonamides is 1. The molecule has 3 aromatic rings. The number of para-hydroxylation sites is 1. The SMILES string of the molecule is Cc1ccc(S(=O)(=O)NC[C@@H](c2ccccc2)N(C)c2ccccc2)cc1. The predicted octanol–water partition coefficient (Wildman–Crippen LogP) is 4.15. The van der Waals surface area contributed by atoms with Gasteiger partial charge in [-0.3, -0.25) is 0 Å². The molecule has 0 fully saturated rings. The third-order valence-corrected chi connectivity index (χ3v) is 6.05. The van der Waals surface area contributed by atoms with E-state index in [1.165, 1.54) is 0 Å². The van der Waals surface area contributed by atoms with Gasteiger partial charge in [-0.1, -0.05) is 66.2 Å². The monoisotopic (exact) mass is 380 g/mol. The minimum atomic E-state index is -3.57. The summed E-state index contributed by atoms with van der Waals surface area (Å²) in [6.07, 6.45) is 0. The van der Waals surface area contributed by atoms with Crippen molar-refractivity contribution in [3.05, 3.63) is 96.1 Å². The molecule has 1 atom stereocenters. The van der Waals surface area contributed by atoms with E-state index in [0.29, 0.717) is 0 Å². The van der Waals surface area contributed by atoms with Crippen molar-refractivity contribution in [1.29, 1.82) is 0 Å². The summed E-state index contributed by atoms with van der Waals surface area (Å²) in [5.74, 6) is 0.